The van der Waals surface area contributed by atoms with Gasteiger partial charge in [0, 0.05) is 17.6 Å². The third kappa shape index (κ3) is 3.42. The van der Waals surface area contributed by atoms with Crippen LogP contribution in [0, 0.1) is 0 Å². The number of ether oxygens (including phenoxy) is 2. The van der Waals surface area contributed by atoms with E-state index in [-0.39, 0.29) is 24.8 Å². The standard InChI is InChI=1S/C18H18ClN3O3/c19-13-4-2-1-3-12(13)14-8-15(22-21-14)18(23)20-9-11-5-6-16-17(7-11)25-10-24-16/h1-7,14-15,21-22H,8-10H2,(H,20,23). The molecule has 1 amide bonds. The van der Waals surface area contributed by atoms with Crippen LogP contribution >= 0.6 is 11.6 Å². The van der Waals surface area contributed by atoms with Crippen LogP contribution in [0.3, 0.4) is 0 Å². The number of amides is 1. The first-order valence-corrected chi connectivity index (χ1v) is 8.50. The molecule has 0 bridgehead atoms. The molecule has 0 aromatic heterocycles. The maximum absolute atomic E-state index is 12.4. The summed E-state index contributed by atoms with van der Waals surface area (Å²) in [4.78, 5) is 12.4. The first-order chi connectivity index (χ1) is 12.2. The molecule has 0 spiro atoms. The Balaban J connectivity index is 1.34. The molecule has 1 fully saturated rings. The zero-order valence-corrected chi connectivity index (χ0v) is 14.2. The van der Waals surface area contributed by atoms with Crippen molar-refractivity contribution < 1.29 is 14.3 Å². The SMILES string of the molecule is O=C(NCc1ccc2c(c1)OCO2)C1CC(c2ccccc2Cl)NN1. The van der Waals surface area contributed by atoms with Crippen molar-refractivity contribution in [1.29, 1.82) is 0 Å². The lowest BCUT2D eigenvalue weighted by atomic mass is 10.0. The maximum Gasteiger partial charge on any atom is 0.238 e. The monoisotopic (exact) mass is 359 g/mol. The van der Waals surface area contributed by atoms with E-state index in [0.717, 1.165) is 16.9 Å². The normalized spacial score (nSPS) is 21.3. The third-order valence-electron chi connectivity index (χ3n) is 4.40. The first kappa shape index (κ1) is 16.2. The number of nitrogens with one attached hydrogen (secondary N) is 3. The number of halogens is 1. The fraction of sp³-hybridized carbons (Fsp3) is 0.278. The third-order valence-corrected chi connectivity index (χ3v) is 4.75. The molecule has 2 heterocycles. The van der Waals surface area contributed by atoms with Crippen LogP contribution in [0.1, 0.15) is 23.6 Å². The van der Waals surface area contributed by atoms with Gasteiger partial charge in [0.15, 0.2) is 11.5 Å². The van der Waals surface area contributed by atoms with E-state index < -0.39 is 0 Å². The number of carbonyl (C=O) groups is 1. The van der Waals surface area contributed by atoms with E-state index in [0.29, 0.717) is 23.7 Å². The average molecular weight is 360 g/mol. The summed E-state index contributed by atoms with van der Waals surface area (Å²) in [5, 5.41) is 3.65. The van der Waals surface area contributed by atoms with Crippen molar-refractivity contribution in [3.63, 3.8) is 0 Å². The van der Waals surface area contributed by atoms with Gasteiger partial charge in [0.1, 0.15) is 6.04 Å². The molecule has 2 atom stereocenters. The van der Waals surface area contributed by atoms with Crippen LogP contribution in [0.15, 0.2) is 42.5 Å². The van der Waals surface area contributed by atoms with Gasteiger partial charge >= 0.3 is 0 Å². The molecular weight excluding hydrogens is 342 g/mol. The molecular formula is C18H18ClN3O3. The average Bonchev–Trinajstić information content (AvgIpc) is 3.29. The van der Waals surface area contributed by atoms with Gasteiger partial charge in [-0.25, -0.2) is 10.9 Å². The second-order valence-corrected chi connectivity index (χ2v) is 6.46. The Morgan fingerprint density at radius 2 is 2.00 bits per heavy atom. The summed E-state index contributed by atoms with van der Waals surface area (Å²) in [5.74, 6) is 1.39. The number of hydrazine groups is 1. The Kier molecular flexibility index (Phi) is 4.48. The number of rotatable bonds is 4. The van der Waals surface area contributed by atoms with Gasteiger partial charge in [-0.05, 0) is 35.7 Å². The van der Waals surface area contributed by atoms with Crippen LogP contribution < -0.4 is 25.6 Å². The van der Waals surface area contributed by atoms with Gasteiger partial charge in [-0.15, -0.1) is 0 Å². The number of carbonyl (C=O) groups excluding carboxylic acids is 1. The molecule has 7 heteroatoms. The van der Waals surface area contributed by atoms with E-state index in [4.69, 9.17) is 21.1 Å². The Labute approximate surface area is 150 Å². The highest BCUT2D eigenvalue weighted by Gasteiger charge is 2.30. The molecule has 1 saturated heterocycles. The van der Waals surface area contributed by atoms with Crippen molar-refractivity contribution in [2.45, 2.75) is 25.0 Å². The van der Waals surface area contributed by atoms with Crippen LogP contribution in [0.4, 0.5) is 0 Å². The molecule has 6 nitrogen and oxygen atoms in total. The van der Waals surface area contributed by atoms with Gasteiger partial charge < -0.3 is 14.8 Å². The molecule has 3 N–H and O–H groups in total. The largest absolute Gasteiger partial charge is 0.454 e. The number of fused-ring (bicyclic) bond motifs is 1. The highest BCUT2D eigenvalue weighted by atomic mass is 35.5. The fourth-order valence-electron chi connectivity index (χ4n) is 3.05. The zero-order chi connectivity index (χ0) is 17.2. The van der Waals surface area contributed by atoms with E-state index in [1.165, 1.54) is 0 Å². The van der Waals surface area contributed by atoms with Crippen molar-refractivity contribution >= 4 is 17.5 Å². The molecule has 0 radical (unpaired) electrons. The molecule has 2 aliphatic rings. The van der Waals surface area contributed by atoms with E-state index in [9.17, 15) is 4.79 Å². The van der Waals surface area contributed by atoms with Crippen LogP contribution in [-0.4, -0.2) is 18.7 Å². The fourth-order valence-corrected chi connectivity index (χ4v) is 3.32. The summed E-state index contributed by atoms with van der Waals surface area (Å²) >= 11 is 6.23. The van der Waals surface area contributed by atoms with E-state index in [2.05, 4.69) is 16.2 Å². The van der Waals surface area contributed by atoms with Gasteiger partial charge in [0.25, 0.3) is 0 Å². The molecule has 2 aliphatic heterocycles. The van der Waals surface area contributed by atoms with Gasteiger partial charge in [-0.2, -0.15) is 0 Å². The van der Waals surface area contributed by atoms with Gasteiger partial charge in [0.2, 0.25) is 12.7 Å². The lowest BCUT2D eigenvalue weighted by Gasteiger charge is -2.12. The molecule has 130 valence electrons. The van der Waals surface area contributed by atoms with E-state index in [1.54, 1.807) is 0 Å². The Bertz CT molecular complexity index is 799. The van der Waals surface area contributed by atoms with Crippen molar-refractivity contribution in [2.75, 3.05) is 6.79 Å². The lowest BCUT2D eigenvalue weighted by molar-refractivity contribution is -0.123. The van der Waals surface area contributed by atoms with Crippen LogP contribution in [0.2, 0.25) is 5.02 Å². The summed E-state index contributed by atoms with van der Waals surface area (Å²) in [6.07, 6.45) is 0.636. The minimum Gasteiger partial charge on any atom is -0.454 e. The second kappa shape index (κ2) is 6.92. The molecule has 0 aliphatic carbocycles. The lowest BCUT2D eigenvalue weighted by Crippen LogP contribution is -2.42. The molecule has 25 heavy (non-hydrogen) atoms. The van der Waals surface area contributed by atoms with Crippen molar-refractivity contribution in [1.82, 2.24) is 16.2 Å². The van der Waals surface area contributed by atoms with Crippen LogP contribution in [0.5, 0.6) is 11.5 Å². The number of hydrogen-bond acceptors (Lipinski definition) is 5. The summed E-state index contributed by atoms with van der Waals surface area (Å²) < 4.78 is 10.6. The summed E-state index contributed by atoms with van der Waals surface area (Å²) in [6, 6.07) is 13.0. The summed E-state index contributed by atoms with van der Waals surface area (Å²) in [6.45, 7) is 0.677. The molecule has 0 saturated carbocycles. The van der Waals surface area contributed by atoms with E-state index in [1.807, 2.05) is 42.5 Å². The molecule has 2 aromatic carbocycles. The second-order valence-electron chi connectivity index (χ2n) is 6.06. The molecule has 4 rings (SSSR count). The number of hydrogen-bond donors (Lipinski definition) is 3. The predicted molar refractivity (Wildman–Crippen MR) is 93.3 cm³/mol. The molecule has 2 aromatic rings. The van der Waals surface area contributed by atoms with Gasteiger partial charge in [-0.1, -0.05) is 35.9 Å². The van der Waals surface area contributed by atoms with E-state index >= 15 is 0 Å². The highest BCUT2D eigenvalue weighted by Crippen LogP contribution is 2.32. The zero-order valence-electron chi connectivity index (χ0n) is 13.4. The highest BCUT2D eigenvalue weighted by molar-refractivity contribution is 6.31. The van der Waals surface area contributed by atoms with Crippen molar-refractivity contribution in [2.24, 2.45) is 0 Å². The minimum atomic E-state index is -0.310. The van der Waals surface area contributed by atoms with Crippen LogP contribution in [0.25, 0.3) is 0 Å². The quantitative estimate of drug-likeness (QED) is 0.781. The summed E-state index contributed by atoms with van der Waals surface area (Å²) in [5.41, 5.74) is 8.14. The Hall–Kier alpha value is -2.28. The first-order valence-electron chi connectivity index (χ1n) is 8.12. The minimum absolute atomic E-state index is 0.00925. The Morgan fingerprint density at radius 1 is 1.16 bits per heavy atom. The van der Waals surface area contributed by atoms with Crippen LogP contribution in [-0.2, 0) is 11.3 Å². The smallest absolute Gasteiger partial charge is 0.238 e. The number of benzene rings is 2. The topological polar surface area (TPSA) is 71.6 Å². The van der Waals surface area contributed by atoms with Gasteiger partial charge in [-0.3, -0.25) is 4.79 Å². The summed E-state index contributed by atoms with van der Waals surface area (Å²) in [7, 11) is 0. The van der Waals surface area contributed by atoms with Crippen molar-refractivity contribution in [3.05, 3.63) is 58.6 Å². The van der Waals surface area contributed by atoms with Gasteiger partial charge in [0.05, 0.1) is 0 Å². The van der Waals surface area contributed by atoms with Crippen molar-refractivity contribution in [3.8, 4) is 11.5 Å². The maximum atomic E-state index is 12.4. The predicted octanol–water partition coefficient (Wildman–Crippen LogP) is 2.29. The molecule has 2 unspecified atom stereocenters. The Morgan fingerprint density at radius 3 is 2.88 bits per heavy atom.